The van der Waals surface area contributed by atoms with E-state index in [1.54, 1.807) is 18.2 Å². The normalized spacial score (nSPS) is 12.1. The van der Waals surface area contributed by atoms with E-state index in [9.17, 15) is 22.4 Å². The molecule has 0 saturated heterocycles. The van der Waals surface area contributed by atoms with Crippen molar-refractivity contribution in [1.29, 1.82) is 0 Å². The maximum Gasteiger partial charge on any atom is 0.431 e. The molecule has 0 aliphatic carbocycles. The molecule has 2 rings (SSSR count). The van der Waals surface area contributed by atoms with E-state index < -0.39 is 29.0 Å². The number of alkyl halides is 3. The Labute approximate surface area is 124 Å². The van der Waals surface area contributed by atoms with Gasteiger partial charge in [0.1, 0.15) is 11.5 Å². The van der Waals surface area contributed by atoms with Crippen LogP contribution in [0.1, 0.15) is 10.4 Å². The van der Waals surface area contributed by atoms with Gasteiger partial charge < -0.3 is 5.32 Å². The van der Waals surface area contributed by atoms with Gasteiger partial charge in [0.05, 0.1) is 5.56 Å². The van der Waals surface area contributed by atoms with E-state index >= 15 is 0 Å². The Morgan fingerprint density at radius 1 is 0.955 bits per heavy atom. The number of para-hydroxylation sites is 1. The molecule has 2 nitrogen and oxygen atoms in total. The quantitative estimate of drug-likeness (QED) is 0.509. The second-order valence-electron chi connectivity index (χ2n) is 4.39. The minimum Gasteiger partial charge on any atom is -0.351 e. The highest BCUT2D eigenvalue weighted by molar-refractivity contribution is 6.05. The average molecular weight is 309 g/mol. The van der Waals surface area contributed by atoms with Crippen LogP contribution in [-0.4, -0.2) is 12.0 Å². The molecule has 2 aromatic carbocycles. The lowest BCUT2D eigenvalue weighted by Gasteiger charge is -2.14. The molecule has 0 spiro atoms. The van der Waals surface area contributed by atoms with E-state index in [0.29, 0.717) is 6.08 Å². The van der Waals surface area contributed by atoms with Crippen molar-refractivity contribution in [1.82, 2.24) is 0 Å². The van der Waals surface area contributed by atoms with Crippen LogP contribution in [0.5, 0.6) is 0 Å². The van der Waals surface area contributed by atoms with E-state index in [4.69, 9.17) is 0 Å². The summed E-state index contributed by atoms with van der Waals surface area (Å²) in [5.74, 6) is -1.93. The van der Waals surface area contributed by atoms with Crippen LogP contribution >= 0.6 is 0 Å². The summed E-state index contributed by atoms with van der Waals surface area (Å²) in [7, 11) is 0. The van der Waals surface area contributed by atoms with E-state index in [1.807, 2.05) is 0 Å². The molecule has 0 aromatic heterocycles. The molecule has 0 heterocycles. The van der Waals surface area contributed by atoms with Crippen molar-refractivity contribution in [2.24, 2.45) is 0 Å². The van der Waals surface area contributed by atoms with Gasteiger partial charge in [0, 0.05) is 11.8 Å². The second-order valence-corrected chi connectivity index (χ2v) is 4.39. The Kier molecular flexibility index (Phi) is 4.60. The first-order valence-corrected chi connectivity index (χ1v) is 6.28. The van der Waals surface area contributed by atoms with Crippen molar-refractivity contribution in [3.63, 3.8) is 0 Å². The van der Waals surface area contributed by atoms with Crippen molar-refractivity contribution in [2.75, 3.05) is 5.32 Å². The van der Waals surface area contributed by atoms with Gasteiger partial charge in [-0.05, 0) is 24.3 Å². The van der Waals surface area contributed by atoms with Gasteiger partial charge in [0.15, 0.2) is 5.78 Å². The van der Waals surface area contributed by atoms with Crippen LogP contribution in [0.2, 0.25) is 0 Å². The standard InChI is InChI=1S/C16H11F4NO/c17-13-9-5-4-8-12(13)14(22)10-15(16(18,19)20)21-11-6-2-1-3-7-11/h1-10,21H/b15-10+. The lowest BCUT2D eigenvalue weighted by Crippen LogP contribution is -2.20. The van der Waals surface area contributed by atoms with Crippen LogP contribution in [0.25, 0.3) is 0 Å². The Morgan fingerprint density at radius 2 is 1.55 bits per heavy atom. The minimum absolute atomic E-state index is 0.174. The van der Waals surface area contributed by atoms with Crippen LogP contribution in [0.15, 0.2) is 66.4 Å². The monoisotopic (exact) mass is 309 g/mol. The molecule has 114 valence electrons. The van der Waals surface area contributed by atoms with Crippen LogP contribution in [0.3, 0.4) is 0 Å². The highest BCUT2D eigenvalue weighted by atomic mass is 19.4. The maximum absolute atomic E-state index is 13.5. The zero-order valence-electron chi connectivity index (χ0n) is 11.2. The molecule has 0 amide bonds. The van der Waals surface area contributed by atoms with Crippen LogP contribution in [-0.2, 0) is 0 Å². The molecule has 0 aliphatic heterocycles. The Morgan fingerprint density at radius 3 is 2.14 bits per heavy atom. The largest absolute Gasteiger partial charge is 0.431 e. The van der Waals surface area contributed by atoms with Gasteiger partial charge in [0.25, 0.3) is 0 Å². The molecule has 0 bridgehead atoms. The van der Waals surface area contributed by atoms with Gasteiger partial charge in [0.2, 0.25) is 0 Å². The lowest BCUT2D eigenvalue weighted by atomic mass is 10.1. The van der Waals surface area contributed by atoms with Crippen molar-refractivity contribution in [2.45, 2.75) is 6.18 Å². The van der Waals surface area contributed by atoms with Gasteiger partial charge in [-0.15, -0.1) is 0 Å². The fourth-order valence-corrected chi connectivity index (χ4v) is 1.74. The average Bonchev–Trinajstić information content (AvgIpc) is 2.47. The number of ketones is 1. The molecule has 0 fully saturated rings. The molecule has 0 aliphatic rings. The van der Waals surface area contributed by atoms with Gasteiger partial charge in [-0.2, -0.15) is 13.2 Å². The predicted molar refractivity (Wildman–Crippen MR) is 74.9 cm³/mol. The molecule has 1 N–H and O–H groups in total. The first-order valence-electron chi connectivity index (χ1n) is 6.28. The molecule has 0 radical (unpaired) electrons. The number of benzene rings is 2. The SMILES string of the molecule is O=C(/C=C(/Nc1ccccc1)C(F)(F)F)c1ccccc1F. The number of hydrogen-bond donors (Lipinski definition) is 1. The number of anilines is 1. The highest BCUT2D eigenvalue weighted by Crippen LogP contribution is 2.27. The molecule has 6 heteroatoms. The van der Waals surface area contributed by atoms with Crippen molar-refractivity contribution < 1.29 is 22.4 Å². The summed E-state index contributed by atoms with van der Waals surface area (Å²) in [6.45, 7) is 0. The fraction of sp³-hybridized carbons (Fsp3) is 0.0625. The summed E-state index contributed by atoms with van der Waals surface area (Å²) >= 11 is 0. The molecule has 22 heavy (non-hydrogen) atoms. The molecule has 0 unspecified atom stereocenters. The number of carbonyl (C=O) groups excluding carboxylic acids is 1. The van der Waals surface area contributed by atoms with Crippen LogP contribution in [0.4, 0.5) is 23.2 Å². The van der Waals surface area contributed by atoms with Crippen LogP contribution < -0.4 is 5.32 Å². The minimum atomic E-state index is -4.77. The Balaban J connectivity index is 2.33. The van der Waals surface area contributed by atoms with E-state index in [1.165, 1.54) is 24.3 Å². The van der Waals surface area contributed by atoms with Gasteiger partial charge in [-0.25, -0.2) is 4.39 Å². The number of carbonyl (C=O) groups is 1. The molecular weight excluding hydrogens is 298 g/mol. The zero-order chi connectivity index (χ0) is 16.2. The van der Waals surface area contributed by atoms with Crippen molar-refractivity contribution in [3.05, 3.63) is 77.8 Å². The third-order valence-electron chi connectivity index (χ3n) is 2.77. The summed E-state index contributed by atoms with van der Waals surface area (Å²) in [5.41, 5.74) is -1.50. The van der Waals surface area contributed by atoms with Crippen molar-refractivity contribution in [3.8, 4) is 0 Å². The maximum atomic E-state index is 13.5. The Hall–Kier alpha value is -2.63. The van der Waals surface area contributed by atoms with E-state index in [0.717, 1.165) is 12.1 Å². The van der Waals surface area contributed by atoms with Crippen molar-refractivity contribution >= 4 is 11.5 Å². The number of halogens is 4. The summed E-state index contributed by atoms with van der Waals surface area (Å²) in [6, 6.07) is 12.5. The summed E-state index contributed by atoms with van der Waals surface area (Å²) in [4.78, 5) is 11.9. The first-order chi connectivity index (χ1) is 10.4. The third-order valence-corrected chi connectivity index (χ3v) is 2.77. The number of allylic oxidation sites excluding steroid dienone is 2. The zero-order valence-corrected chi connectivity index (χ0v) is 11.2. The highest BCUT2D eigenvalue weighted by Gasteiger charge is 2.35. The smallest absolute Gasteiger partial charge is 0.351 e. The molecule has 2 aromatic rings. The van der Waals surface area contributed by atoms with E-state index in [2.05, 4.69) is 5.32 Å². The van der Waals surface area contributed by atoms with E-state index in [-0.39, 0.29) is 5.69 Å². The van der Waals surface area contributed by atoms with Gasteiger partial charge >= 0.3 is 6.18 Å². The first kappa shape index (κ1) is 15.8. The predicted octanol–water partition coefficient (Wildman–Crippen LogP) is 4.57. The topological polar surface area (TPSA) is 29.1 Å². The summed E-state index contributed by atoms with van der Waals surface area (Å²) in [5, 5.41) is 2.13. The Bertz CT molecular complexity index is 693. The lowest BCUT2D eigenvalue weighted by molar-refractivity contribution is -0.0903. The van der Waals surface area contributed by atoms with Gasteiger partial charge in [-0.1, -0.05) is 30.3 Å². The fourth-order valence-electron chi connectivity index (χ4n) is 1.74. The number of hydrogen-bond acceptors (Lipinski definition) is 2. The third kappa shape index (κ3) is 3.94. The van der Waals surface area contributed by atoms with Gasteiger partial charge in [-0.3, -0.25) is 4.79 Å². The molecular formula is C16H11F4NO. The number of nitrogens with one attached hydrogen (secondary N) is 1. The summed E-state index contributed by atoms with van der Waals surface area (Å²) in [6.07, 6.45) is -4.41. The number of rotatable bonds is 4. The second kappa shape index (κ2) is 6.43. The summed E-state index contributed by atoms with van der Waals surface area (Å²) < 4.78 is 52.5. The molecule has 0 saturated carbocycles. The molecule has 0 atom stereocenters. The van der Waals surface area contributed by atoms with Crippen LogP contribution in [0, 0.1) is 5.82 Å².